The van der Waals surface area contributed by atoms with Gasteiger partial charge in [-0.3, -0.25) is 0 Å². The molecule has 0 saturated carbocycles. The Morgan fingerprint density at radius 1 is 1.25 bits per heavy atom. The largest absolute Gasteiger partial charge is 0.496 e. The summed E-state index contributed by atoms with van der Waals surface area (Å²) < 4.78 is 13.0. The van der Waals surface area contributed by atoms with Crippen LogP contribution in [0.2, 0.25) is 0 Å². The van der Waals surface area contributed by atoms with E-state index >= 15 is 0 Å². The number of hydrogen-bond donors (Lipinski definition) is 0. The Bertz CT molecular complexity index is 492. The molecule has 1 aromatic heterocycles. The molecular formula is C14H22BBrN2O2. The molecule has 1 saturated heterocycles. The molecule has 2 rings (SSSR count). The highest BCUT2D eigenvalue weighted by Crippen LogP contribution is 2.36. The molecule has 2 heterocycles. The Kier molecular flexibility index (Phi) is 4.20. The quantitative estimate of drug-likeness (QED) is 0.792. The van der Waals surface area contributed by atoms with Crippen molar-refractivity contribution < 1.29 is 9.31 Å². The Morgan fingerprint density at radius 3 is 2.25 bits per heavy atom. The highest BCUT2D eigenvalue weighted by atomic mass is 79.9. The number of halogens is 1. The van der Waals surface area contributed by atoms with E-state index in [1.807, 2.05) is 19.3 Å². The maximum Gasteiger partial charge on any atom is 0.496 e. The zero-order chi connectivity index (χ0) is 15.1. The Morgan fingerprint density at radius 2 is 1.80 bits per heavy atom. The summed E-state index contributed by atoms with van der Waals surface area (Å²) in [5, 5.41) is 0. The molecular weight excluding hydrogens is 319 g/mol. The van der Waals surface area contributed by atoms with Gasteiger partial charge in [0.25, 0.3) is 0 Å². The zero-order valence-electron chi connectivity index (χ0n) is 13.0. The molecule has 0 aromatic carbocycles. The van der Waals surface area contributed by atoms with E-state index in [0.717, 1.165) is 22.3 Å². The van der Waals surface area contributed by atoms with Crippen molar-refractivity contribution in [3.05, 3.63) is 16.7 Å². The average molecular weight is 341 g/mol. The minimum Gasteiger partial charge on any atom is -0.399 e. The molecule has 6 heteroatoms. The zero-order valence-corrected chi connectivity index (χ0v) is 14.6. The molecule has 1 aromatic rings. The van der Waals surface area contributed by atoms with Gasteiger partial charge in [-0.05, 0) is 56.6 Å². The van der Waals surface area contributed by atoms with E-state index in [2.05, 4.69) is 60.4 Å². The Hall–Kier alpha value is -0.585. The van der Waals surface area contributed by atoms with Crippen molar-refractivity contribution in [3.8, 4) is 0 Å². The van der Waals surface area contributed by atoms with Gasteiger partial charge in [-0.1, -0.05) is 0 Å². The summed E-state index contributed by atoms with van der Waals surface area (Å²) in [5.41, 5.74) is 0.273. The number of rotatable bonds is 3. The molecule has 1 aliphatic rings. The summed E-state index contributed by atoms with van der Waals surface area (Å²) in [6.45, 7) is 11.2. The second kappa shape index (κ2) is 5.32. The number of aromatic nitrogens is 1. The standard InChI is InChI=1S/C14H22BBrN2O2/c1-7-18(6)12-11(16)8-10(9-17-12)15-19-13(2,3)14(4,5)20-15/h8-9H,7H2,1-6H3. The van der Waals surface area contributed by atoms with E-state index in [4.69, 9.17) is 9.31 Å². The third kappa shape index (κ3) is 2.74. The molecule has 0 amide bonds. The molecule has 20 heavy (non-hydrogen) atoms. The normalized spacial score (nSPS) is 20.2. The van der Waals surface area contributed by atoms with Gasteiger partial charge in [0.2, 0.25) is 0 Å². The fraction of sp³-hybridized carbons (Fsp3) is 0.643. The number of nitrogens with zero attached hydrogens (tertiary/aromatic N) is 2. The van der Waals surface area contributed by atoms with E-state index in [0.29, 0.717) is 0 Å². The summed E-state index contributed by atoms with van der Waals surface area (Å²) in [5.74, 6) is 0.924. The van der Waals surface area contributed by atoms with Crippen molar-refractivity contribution >= 4 is 34.3 Å². The van der Waals surface area contributed by atoms with Crippen LogP contribution in [0.5, 0.6) is 0 Å². The van der Waals surface area contributed by atoms with Crippen LogP contribution in [0.3, 0.4) is 0 Å². The monoisotopic (exact) mass is 340 g/mol. The van der Waals surface area contributed by atoms with Crippen LogP contribution < -0.4 is 10.4 Å². The summed E-state index contributed by atoms with van der Waals surface area (Å²) in [6.07, 6.45) is 1.83. The van der Waals surface area contributed by atoms with Crippen molar-refractivity contribution in [1.29, 1.82) is 0 Å². The van der Waals surface area contributed by atoms with Gasteiger partial charge >= 0.3 is 7.12 Å². The van der Waals surface area contributed by atoms with Crippen LogP contribution in [0.25, 0.3) is 0 Å². The molecule has 0 N–H and O–H groups in total. The Labute approximate surface area is 130 Å². The molecule has 110 valence electrons. The highest BCUT2D eigenvalue weighted by molar-refractivity contribution is 9.10. The molecule has 0 aliphatic carbocycles. The lowest BCUT2D eigenvalue weighted by molar-refractivity contribution is 0.00578. The van der Waals surface area contributed by atoms with Crippen molar-refractivity contribution in [1.82, 2.24) is 4.98 Å². The van der Waals surface area contributed by atoms with E-state index in [9.17, 15) is 0 Å². The average Bonchev–Trinajstić information content (AvgIpc) is 2.57. The van der Waals surface area contributed by atoms with Crippen molar-refractivity contribution in [2.24, 2.45) is 0 Å². The molecule has 0 radical (unpaired) electrons. The lowest BCUT2D eigenvalue weighted by Gasteiger charge is -2.32. The van der Waals surface area contributed by atoms with Gasteiger partial charge in [0.15, 0.2) is 0 Å². The lowest BCUT2D eigenvalue weighted by Crippen LogP contribution is -2.41. The first-order chi connectivity index (χ1) is 9.18. The molecule has 1 fully saturated rings. The molecule has 0 unspecified atom stereocenters. The summed E-state index contributed by atoms with van der Waals surface area (Å²) in [7, 11) is 1.64. The van der Waals surface area contributed by atoms with Crippen molar-refractivity contribution in [2.75, 3.05) is 18.5 Å². The predicted octanol–water partition coefficient (Wildman–Crippen LogP) is 2.60. The first-order valence-corrected chi connectivity index (χ1v) is 7.69. The van der Waals surface area contributed by atoms with Gasteiger partial charge in [0.1, 0.15) is 5.82 Å². The van der Waals surface area contributed by atoms with Crippen molar-refractivity contribution in [3.63, 3.8) is 0 Å². The van der Waals surface area contributed by atoms with Gasteiger partial charge in [0, 0.05) is 25.3 Å². The van der Waals surface area contributed by atoms with Crippen LogP contribution in [-0.4, -0.2) is 36.9 Å². The number of anilines is 1. The highest BCUT2D eigenvalue weighted by Gasteiger charge is 2.51. The molecule has 0 bridgehead atoms. The smallest absolute Gasteiger partial charge is 0.399 e. The number of pyridine rings is 1. The second-order valence-corrected chi connectivity index (χ2v) is 7.03. The topological polar surface area (TPSA) is 34.6 Å². The van der Waals surface area contributed by atoms with Gasteiger partial charge in [-0.2, -0.15) is 0 Å². The Balaban J connectivity index is 2.26. The second-order valence-electron chi connectivity index (χ2n) is 6.18. The van der Waals surface area contributed by atoms with Gasteiger partial charge in [-0.25, -0.2) is 4.98 Å². The van der Waals surface area contributed by atoms with Crippen LogP contribution in [-0.2, 0) is 9.31 Å². The first-order valence-electron chi connectivity index (χ1n) is 6.90. The predicted molar refractivity (Wildman–Crippen MR) is 86.6 cm³/mol. The fourth-order valence-corrected chi connectivity index (χ4v) is 2.65. The molecule has 1 aliphatic heterocycles. The SMILES string of the molecule is CCN(C)c1ncc(B2OC(C)(C)C(C)(C)O2)cc1Br. The lowest BCUT2D eigenvalue weighted by atomic mass is 9.80. The summed E-state index contributed by atoms with van der Waals surface area (Å²) in [4.78, 5) is 6.59. The van der Waals surface area contributed by atoms with Gasteiger partial charge in [-0.15, -0.1) is 0 Å². The van der Waals surface area contributed by atoms with E-state index in [1.54, 1.807) is 0 Å². The van der Waals surface area contributed by atoms with Crippen LogP contribution in [0.1, 0.15) is 34.6 Å². The molecule has 0 atom stereocenters. The minimum atomic E-state index is -0.371. The summed E-state index contributed by atoms with van der Waals surface area (Å²) >= 11 is 3.58. The van der Waals surface area contributed by atoms with Crippen LogP contribution in [0.15, 0.2) is 16.7 Å². The first kappa shape index (κ1) is 15.8. The fourth-order valence-electron chi connectivity index (χ4n) is 1.98. The maximum absolute atomic E-state index is 6.04. The van der Waals surface area contributed by atoms with E-state index < -0.39 is 0 Å². The van der Waals surface area contributed by atoms with E-state index in [1.165, 1.54) is 0 Å². The third-order valence-corrected chi connectivity index (χ3v) is 4.79. The van der Waals surface area contributed by atoms with Gasteiger partial charge in [0.05, 0.1) is 15.7 Å². The molecule has 0 spiro atoms. The third-order valence-electron chi connectivity index (χ3n) is 4.20. The van der Waals surface area contributed by atoms with Crippen LogP contribution >= 0.6 is 15.9 Å². The number of hydrogen-bond acceptors (Lipinski definition) is 4. The van der Waals surface area contributed by atoms with Gasteiger partial charge < -0.3 is 14.2 Å². The maximum atomic E-state index is 6.04. The summed E-state index contributed by atoms with van der Waals surface area (Å²) in [6, 6.07) is 2.02. The van der Waals surface area contributed by atoms with Crippen molar-refractivity contribution in [2.45, 2.75) is 45.8 Å². The van der Waals surface area contributed by atoms with Crippen LogP contribution in [0.4, 0.5) is 5.82 Å². The minimum absolute atomic E-state index is 0.330. The molecule has 4 nitrogen and oxygen atoms in total. The van der Waals surface area contributed by atoms with Crippen LogP contribution in [0, 0.1) is 0 Å². The van der Waals surface area contributed by atoms with E-state index in [-0.39, 0.29) is 18.3 Å².